The third kappa shape index (κ3) is 3.10. The van der Waals surface area contributed by atoms with E-state index in [0.717, 1.165) is 24.7 Å². The number of halogens is 3. The van der Waals surface area contributed by atoms with Crippen LogP contribution in [0.3, 0.4) is 0 Å². The molecule has 2 rings (SSSR count). The van der Waals surface area contributed by atoms with Crippen LogP contribution >= 0.6 is 38.5 Å². The first kappa shape index (κ1) is 14.0. The van der Waals surface area contributed by atoms with Gasteiger partial charge in [-0.25, -0.2) is 4.39 Å². The summed E-state index contributed by atoms with van der Waals surface area (Å²) in [5, 5.41) is 0. The van der Waals surface area contributed by atoms with Crippen LogP contribution in [0.2, 0.25) is 0 Å². The first-order valence-electron chi connectivity index (χ1n) is 5.45. The molecule has 1 nitrogen and oxygen atoms in total. The smallest absolute Gasteiger partial charge is 0.123 e. The van der Waals surface area contributed by atoms with Gasteiger partial charge >= 0.3 is 0 Å². The van der Waals surface area contributed by atoms with Crippen LogP contribution < -0.4 is 5.73 Å². The monoisotopic (exact) mass is 419 g/mol. The summed E-state index contributed by atoms with van der Waals surface area (Å²) in [5.41, 5.74) is 8.90. The summed E-state index contributed by atoms with van der Waals surface area (Å²) < 4.78 is 15.5. The number of aryl methyl sites for hydroxylation is 1. The molecule has 0 aliphatic rings. The van der Waals surface area contributed by atoms with Crippen molar-refractivity contribution in [3.05, 3.63) is 66.9 Å². The van der Waals surface area contributed by atoms with Crippen molar-refractivity contribution in [2.75, 3.05) is 0 Å². The average molecular weight is 420 g/mol. The van der Waals surface area contributed by atoms with Gasteiger partial charge in [-0.05, 0) is 76.5 Å². The first-order valence-corrected chi connectivity index (χ1v) is 7.32. The molecule has 1 unspecified atom stereocenters. The van der Waals surface area contributed by atoms with Crippen molar-refractivity contribution >= 4 is 38.5 Å². The second-order valence-corrected chi connectivity index (χ2v) is 6.28. The van der Waals surface area contributed by atoms with E-state index in [-0.39, 0.29) is 11.9 Å². The van der Waals surface area contributed by atoms with E-state index in [1.54, 1.807) is 0 Å². The fourth-order valence-electron chi connectivity index (χ4n) is 1.88. The maximum Gasteiger partial charge on any atom is 0.123 e. The lowest BCUT2D eigenvalue weighted by Crippen LogP contribution is -2.14. The zero-order chi connectivity index (χ0) is 13.3. The highest BCUT2D eigenvalue weighted by molar-refractivity contribution is 14.1. The van der Waals surface area contributed by atoms with Gasteiger partial charge in [-0.3, -0.25) is 0 Å². The molecule has 0 radical (unpaired) electrons. The van der Waals surface area contributed by atoms with Gasteiger partial charge in [-0.2, -0.15) is 0 Å². The van der Waals surface area contributed by atoms with Crippen molar-refractivity contribution < 1.29 is 4.39 Å². The van der Waals surface area contributed by atoms with Crippen molar-refractivity contribution in [2.24, 2.45) is 5.73 Å². The Morgan fingerprint density at radius 1 is 1.22 bits per heavy atom. The largest absolute Gasteiger partial charge is 0.320 e. The van der Waals surface area contributed by atoms with E-state index >= 15 is 0 Å². The van der Waals surface area contributed by atoms with Crippen LogP contribution in [-0.4, -0.2) is 0 Å². The van der Waals surface area contributed by atoms with Crippen molar-refractivity contribution in [3.8, 4) is 0 Å². The highest BCUT2D eigenvalue weighted by Gasteiger charge is 2.14. The molecule has 0 aromatic heterocycles. The van der Waals surface area contributed by atoms with Crippen molar-refractivity contribution in [3.63, 3.8) is 0 Å². The Morgan fingerprint density at radius 2 is 1.94 bits per heavy atom. The van der Waals surface area contributed by atoms with Gasteiger partial charge in [0.1, 0.15) is 5.82 Å². The molecule has 0 amide bonds. The second-order valence-electron chi connectivity index (χ2n) is 4.21. The lowest BCUT2D eigenvalue weighted by Gasteiger charge is -2.15. The van der Waals surface area contributed by atoms with Crippen molar-refractivity contribution in [2.45, 2.75) is 13.0 Å². The van der Waals surface area contributed by atoms with Gasteiger partial charge in [-0.15, -0.1) is 0 Å². The minimum atomic E-state index is -0.316. The lowest BCUT2D eigenvalue weighted by molar-refractivity contribution is 0.622. The van der Waals surface area contributed by atoms with Gasteiger partial charge in [0.15, 0.2) is 0 Å². The molecule has 0 saturated carbocycles. The third-order valence-corrected chi connectivity index (χ3v) is 4.19. The quantitative estimate of drug-likeness (QED) is 0.710. The van der Waals surface area contributed by atoms with Crippen molar-refractivity contribution in [1.82, 2.24) is 0 Å². The summed E-state index contributed by atoms with van der Waals surface area (Å²) in [6.45, 7) is 1.87. The van der Waals surface area contributed by atoms with Crippen LogP contribution in [0.25, 0.3) is 0 Å². The lowest BCUT2D eigenvalue weighted by atomic mass is 9.98. The molecule has 0 bridgehead atoms. The van der Waals surface area contributed by atoms with E-state index in [0.29, 0.717) is 0 Å². The highest BCUT2D eigenvalue weighted by atomic mass is 127. The number of hydrogen-bond acceptors (Lipinski definition) is 1. The van der Waals surface area contributed by atoms with Crippen LogP contribution in [0.15, 0.2) is 40.9 Å². The zero-order valence-corrected chi connectivity index (χ0v) is 13.5. The Hall–Kier alpha value is -0.460. The van der Waals surface area contributed by atoms with Crippen LogP contribution in [0.4, 0.5) is 4.39 Å². The minimum absolute atomic E-state index is 0.245. The predicted octanol–water partition coefficient (Wildman–Crippen LogP) is 4.55. The van der Waals surface area contributed by atoms with Gasteiger partial charge in [0.05, 0.1) is 6.04 Å². The van der Waals surface area contributed by atoms with Crippen LogP contribution in [0, 0.1) is 16.3 Å². The Balaban J connectivity index is 2.47. The first-order chi connectivity index (χ1) is 8.47. The molecular formula is C14H12BrFIN. The highest BCUT2D eigenvalue weighted by Crippen LogP contribution is 2.28. The molecule has 0 spiro atoms. The molecule has 1 atom stereocenters. The summed E-state index contributed by atoms with van der Waals surface area (Å²) in [6, 6.07) is 10.5. The molecule has 94 valence electrons. The molecule has 0 heterocycles. The number of hydrogen-bond donors (Lipinski definition) is 1. The molecule has 0 aliphatic carbocycles. The Labute approximate surface area is 128 Å². The number of benzene rings is 2. The number of rotatable bonds is 2. The molecule has 2 N–H and O–H groups in total. The van der Waals surface area contributed by atoms with E-state index in [1.807, 2.05) is 31.2 Å². The van der Waals surface area contributed by atoms with E-state index in [9.17, 15) is 4.39 Å². The van der Waals surface area contributed by atoms with E-state index in [2.05, 4.69) is 38.5 Å². The zero-order valence-electron chi connectivity index (χ0n) is 9.75. The standard InChI is InChI=1S/C14H12BrFIN/c1-8-4-9(6-11(16)5-8)14(18)12-7-10(15)2-3-13(12)17/h2-7,14H,18H2,1H3. The van der Waals surface area contributed by atoms with Crippen LogP contribution in [-0.2, 0) is 0 Å². The molecule has 18 heavy (non-hydrogen) atoms. The summed E-state index contributed by atoms with van der Waals surface area (Å²) in [6.07, 6.45) is 0. The summed E-state index contributed by atoms with van der Waals surface area (Å²) in [4.78, 5) is 0. The van der Waals surface area contributed by atoms with Gasteiger partial charge in [0.2, 0.25) is 0 Å². The Morgan fingerprint density at radius 3 is 2.61 bits per heavy atom. The molecule has 4 heteroatoms. The van der Waals surface area contributed by atoms with E-state index < -0.39 is 0 Å². The summed E-state index contributed by atoms with van der Waals surface area (Å²) in [5.74, 6) is -0.245. The average Bonchev–Trinajstić information content (AvgIpc) is 2.30. The summed E-state index contributed by atoms with van der Waals surface area (Å²) in [7, 11) is 0. The second kappa shape index (κ2) is 5.67. The van der Waals surface area contributed by atoms with Crippen LogP contribution in [0.1, 0.15) is 22.7 Å². The van der Waals surface area contributed by atoms with Gasteiger partial charge < -0.3 is 5.73 Å². The predicted molar refractivity (Wildman–Crippen MR) is 84.0 cm³/mol. The maximum absolute atomic E-state index is 13.4. The van der Waals surface area contributed by atoms with Gasteiger partial charge in [0, 0.05) is 8.04 Å². The molecule has 2 aromatic rings. The third-order valence-electron chi connectivity index (χ3n) is 2.72. The fraction of sp³-hybridized carbons (Fsp3) is 0.143. The fourth-order valence-corrected chi connectivity index (χ4v) is 2.93. The maximum atomic E-state index is 13.4. The molecule has 2 aromatic carbocycles. The Bertz CT molecular complexity index is 566. The van der Waals surface area contributed by atoms with Crippen molar-refractivity contribution in [1.29, 1.82) is 0 Å². The van der Waals surface area contributed by atoms with Gasteiger partial charge in [-0.1, -0.05) is 22.0 Å². The molecular weight excluding hydrogens is 408 g/mol. The summed E-state index contributed by atoms with van der Waals surface area (Å²) >= 11 is 5.67. The SMILES string of the molecule is Cc1cc(F)cc(C(N)c2cc(Br)ccc2I)c1. The molecule has 0 aliphatic heterocycles. The van der Waals surface area contributed by atoms with E-state index in [4.69, 9.17) is 5.73 Å². The molecule has 0 saturated heterocycles. The normalized spacial score (nSPS) is 12.5. The molecule has 0 fully saturated rings. The Kier molecular flexibility index (Phi) is 4.40. The number of nitrogens with two attached hydrogens (primary N) is 1. The van der Waals surface area contributed by atoms with Gasteiger partial charge in [0.25, 0.3) is 0 Å². The minimum Gasteiger partial charge on any atom is -0.320 e. The topological polar surface area (TPSA) is 26.0 Å². The van der Waals surface area contributed by atoms with E-state index in [1.165, 1.54) is 12.1 Å². The van der Waals surface area contributed by atoms with Crippen LogP contribution in [0.5, 0.6) is 0 Å².